The van der Waals surface area contributed by atoms with Gasteiger partial charge in [0.2, 0.25) is 0 Å². The van der Waals surface area contributed by atoms with Crippen molar-refractivity contribution in [2.24, 2.45) is 5.92 Å². The van der Waals surface area contributed by atoms with Crippen LogP contribution in [0.4, 0.5) is 0 Å². The Labute approximate surface area is 93.1 Å². The molecule has 1 N–H and O–H groups in total. The van der Waals surface area contributed by atoms with Crippen LogP contribution in [0.2, 0.25) is 0 Å². The molecule has 0 saturated carbocycles. The van der Waals surface area contributed by atoms with Gasteiger partial charge >= 0.3 is 0 Å². The number of nitrogens with zero attached hydrogens (tertiary/aromatic N) is 1. The van der Waals surface area contributed by atoms with Crippen molar-refractivity contribution in [2.45, 2.75) is 50.9 Å². The van der Waals surface area contributed by atoms with Crippen molar-refractivity contribution < 1.29 is 5.11 Å². The van der Waals surface area contributed by atoms with Crippen LogP contribution in [0.15, 0.2) is 0 Å². The maximum absolute atomic E-state index is 9.61. The summed E-state index contributed by atoms with van der Waals surface area (Å²) in [5, 5.41) is 9.86. The summed E-state index contributed by atoms with van der Waals surface area (Å²) >= 11 is 4.50. The van der Waals surface area contributed by atoms with Gasteiger partial charge < -0.3 is 5.11 Å². The summed E-state index contributed by atoms with van der Waals surface area (Å²) in [7, 11) is 0. The molecule has 1 fully saturated rings. The maximum Gasteiger partial charge on any atom is 0.0615 e. The van der Waals surface area contributed by atoms with Gasteiger partial charge in [-0.3, -0.25) is 4.90 Å². The highest BCUT2D eigenvalue weighted by molar-refractivity contribution is 7.80. The Kier molecular flexibility index (Phi) is 4.29. The third kappa shape index (κ3) is 2.44. The molecular formula is C11H23NOS. The van der Waals surface area contributed by atoms with E-state index in [0.29, 0.717) is 5.92 Å². The topological polar surface area (TPSA) is 23.5 Å². The molecule has 0 radical (unpaired) electrons. The van der Waals surface area contributed by atoms with Gasteiger partial charge in [-0.2, -0.15) is 12.6 Å². The van der Waals surface area contributed by atoms with Gasteiger partial charge in [-0.15, -0.1) is 0 Å². The Balaban J connectivity index is 2.74. The Morgan fingerprint density at radius 1 is 1.43 bits per heavy atom. The van der Waals surface area contributed by atoms with E-state index < -0.39 is 0 Å². The lowest BCUT2D eigenvalue weighted by Gasteiger charge is -2.40. The van der Waals surface area contributed by atoms with Crippen LogP contribution in [0.3, 0.4) is 0 Å². The molecule has 2 atom stereocenters. The molecule has 0 aromatic heterocycles. The van der Waals surface area contributed by atoms with Crippen LogP contribution in [0.1, 0.15) is 40.0 Å². The molecule has 1 rings (SSSR count). The summed E-state index contributed by atoms with van der Waals surface area (Å²) in [6.07, 6.45) is 3.39. The summed E-state index contributed by atoms with van der Waals surface area (Å²) in [5.74, 6) is 0.634. The van der Waals surface area contributed by atoms with E-state index in [1.54, 1.807) is 0 Å². The van der Waals surface area contributed by atoms with E-state index in [-0.39, 0.29) is 17.5 Å². The van der Waals surface area contributed by atoms with Crippen molar-refractivity contribution in [3.63, 3.8) is 0 Å². The second kappa shape index (κ2) is 4.86. The molecule has 1 saturated heterocycles. The first-order valence-electron chi connectivity index (χ1n) is 5.57. The standard InChI is InChI=1S/C11H23NOS/c1-9(2)7-11(8-13)5-4-6-12(11)10(3)14/h9-10,13-14H,4-8H2,1-3H3. The lowest BCUT2D eigenvalue weighted by atomic mass is 9.87. The zero-order chi connectivity index (χ0) is 10.8. The predicted octanol–water partition coefficient (Wildman–Crippen LogP) is 2.14. The number of hydrogen-bond acceptors (Lipinski definition) is 3. The third-order valence-corrected chi connectivity index (χ3v) is 3.46. The lowest BCUT2D eigenvalue weighted by molar-refractivity contribution is 0.0427. The molecule has 2 unspecified atom stereocenters. The molecule has 0 bridgehead atoms. The molecule has 14 heavy (non-hydrogen) atoms. The van der Waals surface area contributed by atoms with E-state index in [1.165, 1.54) is 6.42 Å². The SMILES string of the molecule is CC(C)CC1(CO)CCCN1C(C)S. The summed E-state index contributed by atoms with van der Waals surface area (Å²) in [4.78, 5) is 2.36. The van der Waals surface area contributed by atoms with Gasteiger partial charge in [0.15, 0.2) is 0 Å². The van der Waals surface area contributed by atoms with E-state index in [1.807, 2.05) is 0 Å². The van der Waals surface area contributed by atoms with Crippen LogP contribution in [-0.4, -0.2) is 34.1 Å². The third-order valence-electron chi connectivity index (χ3n) is 3.18. The minimum absolute atomic E-state index is 0.00926. The summed E-state index contributed by atoms with van der Waals surface area (Å²) < 4.78 is 0. The second-order valence-corrected chi connectivity index (χ2v) is 5.66. The van der Waals surface area contributed by atoms with Crippen LogP contribution >= 0.6 is 12.6 Å². The van der Waals surface area contributed by atoms with Crippen LogP contribution in [0.5, 0.6) is 0 Å². The number of rotatable bonds is 4. The number of thiol groups is 1. The van der Waals surface area contributed by atoms with E-state index >= 15 is 0 Å². The highest BCUT2D eigenvalue weighted by Gasteiger charge is 2.41. The van der Waals surface area contributed by atoms with Crippen molar-refractivity contribution >= 4 is 12.6 Å². The molecule has 84 valence electrons. The van der Waals surface area contributed by atoms with E-state index in [0.717, 1.165) is 19.4 Å². The summed E-state index contributed by atoms with van der Waals surface area (Å²) in [5.41, 5.74) is 0.00926. The van der Waals surface area contributed by atoms with E-state index in [9.17, 15) is 5.11 Å². The number of aliphatic hydroxyl groups excluding tert-OH is 1. The average Bonchev–Trinajstić information content (AvgIpc) is 2.48. The van der Waals surface area contributed by atoms with Crippen LogP contribution in [0, 0.1) is 5.92 Å². The maximum atomic E-state index is 9.61. The smallest absolute Gasteiger partial charge is 0.0615 e. The first-order chi connectivity index (χ1) is 6.52. The van der Waals surface area contributed by atoms with Gasteiger partial charge in [0.25, 0.3) is 0 Å². The molecule has 0 amide bonds. The molecule has 0 aliphatic carbocycles. The van der Waals surface area contributed by atoms with Crippen molar-refractivity contribution in [3.05, 3.63) is 0 Å². The molecule has 0 spiro atoms. The Hall–Kier alpha value is 0.270. The van der Waals surface area contributed by atoms with Gasteiger partial charge in [-0.25, -0.2) is 0 Å². The minimum Gasteiger partial charge on any atom is -0.394 e. The first-order valence-corrected chi connectivity index (χ1v) is 6.09. The zero-order valence-corrected chi connectivity index (χ0v) is 10.4. The largest absolute Gasteiger partial charge is 0.394 e. The molecular weight excluding hydrogens is 194 g/mol. The molecule has 1 aliphatic heterocycles. The van der Waals surface area contributed by atoms with Crippen molar-refractivity contribution in [2.75, 3.05) is 13.2 Å². The van der Waals surface area contributed by atoms with Crippen LogP contribution in [0.25, 0.3) is 0 Å². The van der Waals surface area contributed by atoms with Crippen LogP contribution in [-0.2, 0) is 0 Å². The minimum atomic E-state index is 0.00926. The Morgan fingerprint density at radius 2 is 2.07 bits per heavy atom. The van der Waals surface area contributed by atoms with E-state index in [2.05, 4.69) is 38.3 Å². The number of aliphatic hydroxyl groups is 1. The lowest BCUT2D eigenvalue weighted by Crippen LogP contribution is -2.50. The molecule has 0 aromatic carbocycles. The normalized spacial score (nSPS) is 31.3. The fraction of sp³-hybridized carbons (Fsp3) is 1.00. The highest BCUT2D eigenvalue weighted by atomic mass is 32.1. The number of hydrogen-bond donors (Lipinski definition) is 2. The zero-order valence-electron chi connectivity index (χ0n) is 9.53. The van der Waals surface area contributed by atoms with Gasteiger partial charge in [0.05, 0.1) is 12.0 Å². The summed E-state index contributed by atoms with van der Waals surface area (Å²) in [6, 6.07) is 0. The molecule has 0 aromatic rings. The monoisotopic (exact) mass is 217 g/mol. The molecule has 3 heteroatoms. The molecule has 2 nitrogen and oxygen atoms in total. The molecule has 1 heterocycles. The predicted molar refractivity (Wildman–Crippen MR) is 63.7 cm³/mol. The van der Waals surface area contributed by atoms with Crippen molar-refractivity contribution in [1.82, 2.24) is 4.90 Å². The Morgan fingerprint density at radius 3 is 2.50 bits per heavy atom. The van der Waals surface area contributed by atoms with E-state index in [4.69, 9.17) is 0 Å². The molecule has 1 aliphatic rings. The quantitative estimate of drug-likeness (QED) is 0.705. The fourth-order valence-corrected chi connectivity index (χ4v) is 3.12. The second-order valence-electron chi connectivity index (χ2n) is 4.91. The van der Waals surface area contributed by atoms with Gasteiger partial charge in [0, 0.05) is 5.54 Å². The summed E-state index contributed by atoms with van der Waals surface area (Å²) in [6.45, 7) is 7.89. The van der Waals surface area contributed by atoms with Crippen LogP contribution < -0.4 is 0 Å². The Bertz CT molecular complexity index is 184. The van der Waals surface area contributed by atoms with Crippen molar-refractivity contribution in [1.29, 1.82) is 0 Å². The fourth-order valence-electron chi connectivity index (χ4n) is 2.76. The highest BCUT2D eigenvalue weighted by Crippen LogP contribution is 2.36. The number of likely N-dealkylation sites (tertiary alicyclic amines) is 1. The van der Waals surface area contributed by atoms with Gasteiger partial charge in [-0.1, -0.05) is 13.8 Å². The van der Waals surface area contributed by atoms with Crippen molar-refractivity contribution in [3.8, 4) is 0 Å². The van der Waals surface area contributed by atoms with Gasteiger partial charge in [-0.05, 0) is 38.6 Å². The average molecular weight is 217 g/mol. The first kappa shape index (κ1) is 12.3. The van der Waals surface area contributed by atoms with Gasteiger partial charge in [0.1, 0.15) is 0 Å².